The van der Waals surface area contributed by atoms with Gasteiger partial charge in [0.25, 0.3) is 0 Å². The molecular weight excluding hydrogens is 402 g/mol. The number of rotatable bonds is 5. The Morgan fingerprint density at radius 1 is 0.933 bits per heavy atom. The largest absolute Gasteiger partial charge is 0.342 e. The molecule has 2 aliphatic heterocycles. The number of carbonyl (C=O) groups excluding carboxylic acids is 2. The second kappa shape index (κ2) is 8.67. The molecule has 30 heavy (non-hydrogen) atoms. The van der Waals surface area contributed by atoms with Crippen LogP contribution in [0.4, 0.5) is 5.69 Å². The van der Waals surface area contributed by atoms with Gasteiger partial charge in [-0.25, -0.2) is 8.42 Å². The number of amides is 2. The molecule has 0 spiro atoms. The molecule has 0 aromatic heterocycles. The van der Waals surface area contributed by atoms with Crippen molar-refractivity contribution in [1.82, 2.24) is 9.21 Å². The van der Waals surface area contributed by atoms with Crippen LogP contribution >= 0.6 is 0 Å². The fraction of sp³-hybridized carbons (Fsp3) is 0.636. The highest BCUT2D eigenvalue weighted by Gasteiger charge is 2.36. The first kappa shape index (κ1) is 21.3. The predicted octanol–water partition coefficient (Wildman–Crippen LogP) is 2.69. The molecule has 2 unspecified atom stereocenters. The van der Waals surface area contributed by atoms with Gasteiger partial charge in [0, 0.05) is 37.8 Å². The molecule has 1 aliphatic carbocycles. The van der Waals surface area contributed by atoms with Gasteiger partial charge in [0.15, 0.2) is 0 Å². The van der Waals surface area contributed by atoms with Crippen molar-refractivity contribution in [2.45, 2.75) is 50.3 Å². The molecule has 8 heteroatoms. The van der Waals surface area contributed by atoms with Gasteiger partial charge in [0.2, 0.25) is 21.8 Å². The molecule has 2 heterocycles. The van der Waals surface area contributed by atoms with Crippen LogP contribution < -0.4 is 5.32 Å². The number of benzene rings is 1. The fourth-order valence-electron chi connectivity index (χ4n) is 4.45. The molecule has 3 aliphatic rings. The van der Waals surface area contributed by atoms with Gasteiger partial charge in [-0.15, -0.1) is 0 Å². The van der Waals surface area contributed by atoms with Crippen LogP contribution in [0.5, 0.6) is 0 Å². The molecular formula is C22H31N3O4S. The third-order valence-corrected chi connectivity index (χ3v) is 8.29. The summed E-state index contributed by atoms with van der Waals surface area (Å²) in [6, 6.07) is 6.42. The Morgan fingerprint density at radius 2 is 1.63 bits per heavy atom. The summed E-state index contributed by atoms with van der Waals surface area (Å²) in [7, 11) is -3.50. The summed E-state index contributed by atoms with van der Waals surface area (Å²) in [5.41, 5.74) is 0.580. The molecule has 4 rings (SSSR count). The van der Waals surface area contributed by atoms with Crippen molar-refractivity contribution in [2.75, 3.05) is 31.5 Å². The minimum absolute atomic E-state index is 0.108. The number of anilines is 1. The van der Waals surface area contributed by atoms with Crippen LogP contribution in [0.1, 0.15) is 45.4 Å². The van der Waals surface area contributed by atoms with Crippen LogP contribution in [0.15, 0.2) is 29.2 Å². The minimum atomic E-state index is -3.50. The molecule has 0 radical (unpaired) electrons. The average molecular weight is 434 g/mol. The summed E-state index contributed by atoms with van der Waals surface area (Å²) in [6.07, 6.45) is 5.48. The highest BCUT2D eigenvalue weighted by atomic mass is 32.2. The fourth-order valence-corrected chi connectivity index (χ4v) is 6.05. The smallest absolute Gasteiger partial charge is 0.243 e. The lowest BCUT2D eigenvalue weighted by atomic mass is 9.96. The normalized spacial score (nSPS) is 25.7. The van der Waals surface area contributed by atoms with E-state index in [2.05, 4.69) is 12.2 Å². The molecule has 1 aromatic rings. The third kappa shape index (κ3) is 4.70. The van der Waals surface area contributed by atoms with Crippen molar-refractivity contribution in [2.24, 2.45) is 17.8 Å². The van der Waals surface area contributed by atoms with E-state index < -0.39 is 10.0 Å². The molecule has 2 saturated heterocycles. The molecule has 7 nitrogen and oxygen atoms in total. The van der Waals surface area contributed by atoms with Crippen molar-refractivity contribution in [3.63, 3.8) is 0 Å². The van der Waals surface area contributed by atoms with Crippen LogP contribution in [0.3, 0.4) is 0 Å². The van der Waals surface area contributed by atoms with E-state index in [4.69, 9.17) is 0 Å². The van der Waals surface area contributed by atoms with Gasteiger partial charge >= 0.3 is 0 Å². The van der Waals surface area contributed by atoms with Crippen molar-refractivity contribution in [1.29, 1.82) is 0 Å². The van der Waals surface area contributed by atoms with E-state index in [0.29, 0.717) is 31.2 Å². The highest BCUT2D eigenvalue weighted by molar-refractivity contribution is 7.89. The molecule has 1 N–H and O–H groups in total. The molecule has 1 saturated carbocycles. The Bertz CT molecular complexity index is 895. The van der Waals surface area contributed by atoms with Gasteiger partial charge in [0.05, 0.1) is 10.8 Å². The highest BCUT2D eigenvalue weighted by Crippen LogP contribution is 2.32. The summed E-state index contributed by atoms with van der Waals surface area (Å²) in [5, 5.41) is 2.90. The van der Waals surface area contributed by atoms with Crippen LogP contribution in [0.25, 0.3) is 0 Å². The number of hydrogen-bond acceptors (Lipinski definition) is 4. The third-order valence-electron chi connectivity index (χ3n) is 6.41. The van der Waals surface area contributed by atoms with E-state index in [9.17, 15) is 18.0 Å². The van der Waals surface area contributed by atoms with Crippen LogP contribution in [0, 0.1) is 17.8 Å². The van der Waals surface area contributed by atoms with Gasteiger partial charge in [-0.3, -0.25) is 9.59 Å². The van der Waals surface area contributed by atoms with E-state index in [0.717, 1.165) is 45.1 Å². The number of likely N-dealkylation sites (tertiary alicyclic amines) is 1. The minimum Gasteiger partial charge on any atom is -0.342 e. The number of hydrogen-bond donors (Lipinski definition) is 1. The summed E-state index contributed by atoms with van der Waals surface area (Å²) in [5.74, 6) is 0.399. The van der Waals surface area contributed by atoms with E-state index in [1.165, 1.54) is 0 Å². The van der Waals surface area contributed by atoms with Gasteiger partial charge in [0.1, 0.15) is 0 Å². The first-order chi connectivity index (χ1) is 14.3. The zero-order valence-corrected chi connectivity index (χ0v) is 18.4. The number of piperidine rings is 2. The summed E-state index contributed by atoms with van der Waals surface area (Å²) in [4.78, 5) is 27.1. The van der Waals surface area contributed by atoms with Crippen molar-refractivity contribution >= 4 is 27.5 Å². The van der Waals surface area contributed by atoms with Gasteiger partial charge in [-0.2, -0.15) is 4.31 Å². The summed E-state index contributed by atoms with van der Waals surface area (Å²) >= 11 is 0. The number of carbonyl (C=O) groups is 2. The molecule has 2 amide bonds. The van der Waals surface area contributed by atoms with Crippen molar-refractivity contribution in [3.8, 4) is 0 Å². The van der Waals surface area contributed by atoms with Crippen LogP contribution in [-0.4, -0.2) is 55.6 Å². The van der Waals surface area contributed by atoms with E-state index in [1.54, 1.807) is 28.6 Å². The standard InChI is InChI=1S/C22H31N3O4S/c1-16-4-2-13-25(14-16)30(28,29)20-10-8-19(9-11-20)23-21(26)18-5-3-12-24(15-18)22(27)17-6-7-17/h8-11,16-18H,2-7,12-15H2,1H3,(H,23,26). The van der Waals surface area contributed by atoms with E-state index >= 15 is 0 Å². The molecule has 0 bridgehead atoms. The SMILES string of the molecule is CC1CCCN(S(=O)(=O)c2ccc(NC(=O)C3CCCN(C(=O)C4CC4)C3)cc2)C1. The van der Waals surface area contributed by atoms with Crippen molar-refractivity contribution < 1.29 is 18.0 Å². The van der Waals surface area contributed by atoms with E-state index in [1.807, 2.05) is 4.90 Å². The quantitative estimate of drug-likeness (QED) is 0.774. The summed E-state index contributed by atoms with van der Waals surface area (Å²) in [6.45, 7) is 4.40. The second-order valence-corrected chi connectivity index (χ2v) is 11.0. The Kier molecular flexibility index (Phi) is 6.16. The zero-order valence-electron chi connectivity index (χ0n) is 17.5. The first-order valence-electron chi connectivity index (χ1n) is 11.0. The maximum absolute atomic E-state index is 12.9. The Morgan fingerprint density at radius 3 is 2.30 bits per heavy atom. The molecule has 2 atom stereocenters. The molecule has 3 fully saturated rings. The van der Waals surface area contributed by atoms with Crippen LogP contribution in [-0.2, 0) is 19.6 Å². The Labute approximate surface area is 178 Å². The second-order valence-electron chi connectivity index (χ2n) is 9.02. The monoisotopic (exact) mass is 433 g/mol. The van der Waals surface area contributed by atoms with Crippen molar-refractivity contribution in [3.05, 3.63) is 24.3 Å². The number of nitrogens with zero attached hydrogens (tertiary/aromatic N) is 2. The average Bonchev–Trinajstić information content (AvgIpc) is 3.59. The number of sulfonamides is 1. The maximum Gasteiger partial charge on any atom is 0.243 e. The van der Waals surface area contributed by atoms with Gasteiger partial charge < -0.3 is 10.2 Å². The van der Waals surface area contributed by atoms with E-state index in [-0.39, 0.29) is 28.5 Å². The Hall–Kier alpha value is -1.93. The first-order valence-corrected chi connectivity index (χ1v) is 12.5. The lowest BCUT2D eigenvalue weighted by molar-refractivity contribution is -0.135. The Balaban J connectivity index is 1.37. The van der Waals surface area contributed by atoms with Gasteiger partial charge in [-0.05, 0) is 68.7 Å². The van der Waals surface area contributed by atoms with Crippen LogP contribution in [0.2, 0.25) is 0 Å². The van der Waals surface area contributed by atoms with Gasteiger partial charge in [-0.1, -0.05) is 6.92 Å². The maximum atomic E-state index is 12.9. The molecule has 164 valence electrons. The zero-order chi connectivity index (χ0) is 21.3. The molecule has 1 aromatic carbocycles. The summed E-state index contributed by atoms with van der Waals surface area (Å²) < 4.78 is 27.3. The lowest BCUT2D eigenvalue weighted by Gasteiger charge is -2.32. The topological polar surface area (TPSA) is 86.8 Å². The predicted molar refractivity (Wildman–Crippen MR) is 114 cm³/mol. The number of nitrogens with one attached hydrogen (secondary N) is 1. The lowest BCUT2D eigenvalue weighted by Crippen LogP contribution is -2.44.